The van der Waals surface area contributed by atoms with Crippen molar-refractivity contribution >= 4 is 34.7 Å². The summed E-state index contributed by atoms with van der Waals surface area (Å²) in [5.41, 5.74) is 7.04. The van der Waals surface area contributed by atoms with Crippen molar-refractivity contribution in [1.29, 1.82) is 0 Å². The summed E-state index contributed by atoms with van der Waals surface area (Å²) in [5, 5.41) is 3.38. The molecule has 45 heavy (non-hydrogen) atoms. The van der Waals surface area contributed by atoms with Gasteiger partial charge in [-0.1, -0.05) is 99.1 Å². The van der Waals surface area contributed by atoms with E-state index in [9.17, 15) is 9.59 Å². The molecule has 4 nitrogen and oxygen atoms in total. The predicted molar refractivity (Wildman–Crippen MR) is 183 cm³/mol. The molecule has 5 aromatic carbocycles. The van der Waals surface area contributed by atoms with Crippen molar-refractivity contribution < 1.29 is 14.3 Å². The summed E-state index contributed by atoms with van der Waals surface area (Å²) in [6.07, 6.45) is 5.62. The van der Waals surface area contributed by atoms with Crippen LogP contribution < -0.4 is 10.1 Å². The Bertz CT molecular complexity index is 1810. The molecule has 0 saturated carbocycles. The number of nitrogens with one attached hydrogen (secondary N) is 1. The van der Waals surface area contributed by atoms with Crippen LogP contribution in [-0.2, 0) is 19.4 Å². The van der Waals surface area contributed by atoms with E-state index in [1.54, 1.807) is 12.1 Å². The highest BCUT2D eigenvalue weighted by Gasteiger charge is 2.33. The van der Waals surface area contributed by atoms with E-state index in [0.29, 0.717) is 34.5 Å². The van der Waals surface area contributed by atoms with Crippen LogP contribution in [0, 0.1) is 0 Å². The van der Waals surface area contributed by atoms with Crippen LogP contribution in [0.15, 0.2) is 119 Å². The van der Waals surface area contributed by atoms with Crippen molar-refractivity contribution in [2.45, 2.75) is 62.3 Å². The van der Waals surface area contributed by atoms with Gasteiger partial charge in [-0.2, -0.15) is 0 Å². The zero-order chi connectivity index (χ0) is 31.2. The number of fused-ring (bicyclic) bond motifs is 2. The third kappa shape index (κ3) is 6.89. The summed E-state index contributed by atoms with van der Waals surface area (Å²) in [6, 6.07) is 35.7. The molecule has 6 rings (SSSR count). The molecule has 0 heterocycles. The van der Waals surface area contributed by atoms with Crippen molar-refractivity contribution in [3.63, 3.8) is 0 Å². The fraction of sp³-hybridized carbons (Fsp3) is 0.200. The summed E-state index contributed by atoms with van der Waals surface area (Å²) in [6.45, 7) is 4.87. The largest absolute Gasteiger partial charge is 0.489 e. The third-order valence-electron chi connectivity index (χ3n) is 8.10. The number of hydrogen-bond donors (Lipinski definition) is 1. The van der Waals surface area contributed by atoms with Crippen molar-refractivity contribution in [3.05, 3.63) is 148 Å². The van der Waals surface area contributed by atoms with Gasteiger partial charge >= 0.3 is 0 Å². The Morgan fingerprint density at radius 1 is 0.622 bits per heavy atom. The Hall–Kier alpha value is -4.61. The first kappa shape index (κ1) is 30.4. The Morgan fingerprint density at radius 2 is 1.24 bits per heavy atom. The van der Waals surface area contributed by atoms with Gasteiger partial charge in [-0.25, -0.2) is 0 Å². The fourth-order valence-electron chi connectivity index (χ4n) is 5.68. The lowest BCUT2D eigenvalue weighted by molar-refractivity contribution is 0.0977. The van der Waals surface area contributed by atoms with Gasteiger partial charge in [-0.05, 0) is 84.5 Å². The van der Waals surface area contributed by atoms with E-state index < -0.39 is 0 Å². The van der Waals surface area contributed by atoms with Crippen LogP contribution in [0.5, 0.6) is 5.75 Å². The van der Waals surface area contributed by atoms with Crippen LogP contribution in [0.1, 0.15) is 81.6 Å². The van der Waals surface area contributed by atoms with E-state index in [1.807, 2.05) is 60.7 Å². The van der Waals surface area contributed by atoms with Crippen LogP contribution >= 0.6 is 11.8 Å². The molecular formula is C40H37NO3S. The lowest BCUT2D eigenvalue weighted by Crippen LogP contribution is -2.23. The minimum atomic E-state index is -0.144. The van der Waals surface area contributed by atoms with E-state index in [2.05, 4.69) is 55.6 Å². The molecule has 0 saturated heterocycles. The normalized spacial score (nSPS) is 12.0. The molecule has 0 radical (unpaired) electrons. The minimum absolute atomic E-state index is 0.134. The van der Waals surface area contributed by atoms with Crippen molar-refractivity contribution in [1.82, 2.24) is 0 Å². The average Bonchev–Trinajstić information content (AvgIpc) is 3.07. The van der Waals surface area contributed by atoms with Crippen molar-refractivity contribution in [3.8, 4) is 5.75 Å². The molecule has 0 atom stereocenters. The fourth-order valence-corrected chi connectivity index (χ4v) is 6.66. The van der Waals surface area contributed by atoms with Crippen molar-refractivity contribution in [2.24, 2.45) is 0 Å². The second-order valence-corrected chi connectivity index (χ2v) is 12.5. The smallest absolute Gasteiger partial charge is 0.196 e. The van der Waals surface area contributed by atoms with E-state index >= 15 is 0 Å². The lowest BCUT2D eigenvalue weighted by Gasteiger charge is -2.22. The number of ketones is 2. The molecule has 5 heteroatoms. The summed E-state index contributed by atoms with van der Waals surface area (Å²) in [7, 11) is 0. The first-order valence-electron chi connectivity index (χ1n) is 15.7. The number of benzene rings is 5. The zero-order valence-corrected chi connectivity index (χ0v) is 26.6. The SMILES string of the molecule is CCCCc1ccc(COc2ccc(Sc3cccc4c3C(=O)c3cccc(Nc5ccc(CCC)cc5)c3C4=O)cc2)cc1. The number of unbranched alkanes of at least 4 members (excludes halogenated alkanes) is 1. The summed E-state index contributed by atoms with van der Waals surface area (Å²) < 4.78 is 6.04. The number of carbonyl (C=O) groups excluding carboxylic acids is 2. The van der Waals surface area contributed by atoms with E-state index in [0.717, 1.165) is 46.1 Å². The number of ether oxygens (including phenoxy) is 1. The molecule has 0 unspecified atom stereocenters. The first-order chi connectivity index (χ1) is 22.0. The van der Waals surface area contributed by atoms with Crippen LogP contribution in [-0.4, -0.2) is 11.6 Å². The molecule has 0 aromatic heterocycles. The van der Waals surface area contributed by atoms with E-state index in [4.69, 9.17) is 4.74 Å². The van der Waals surface area contributed by atoms with E-state index in [-0.39, 0.29) is 11.6 Å². The Kier molecular flexibility index (Phi) is 9.46. The first-order valence-corrected chi connectivity index (χ1v) is 16.6. The summed E-state index contributed by atoms with van der Waals surface area (Å²) in [4.78, 5) is 29.5. The van der Waals surface area contributed by atoms with Crippen LogP contribution in [0.4, 0.5) is 11.4 Å². The van der Waals surface area contributed by atoms with Gasteiger partial charge in [-0.15, -0.1) is 0 Å². The number of anilines is 2. The van der Waals surface area contributed by atoms with Gasteiger partial charge in [0.1, 0.15) is 12.4 Å². The Labute approximate surface area is 269 Å². The molecule has 1 aliphatic carbocycles. The van der Waals surface area contributed by atoms with Crippen LogP contribution in [0.25, 0.3) is 0 Å². The summed E-state index contributed by atoms with van der Waals surface area (Å²) >= 11 is 1.48. The zero-order valence-electron chi connectivity index (χ0n) is 25.8. The molecule has 5 aromatic rings. The Balaban J connectivity index is 1.17. The maximum Gasteiger partial charge on any atom is 0.196 e. The molecule has 0 amide bonds. The quantitative estimate of drug-likeness (QED) is 0.149. The van der Waals surface area contributed by atoms with Crippen LogP contribution in [0.2, 0.25) is 0 Å². The molecule has 0 aliphatic heterocycles. The second-order valence-electron chi connectivity index (χ2n) is 11.4. The maximum absolute atomic E-state index is 13.9. The molecular weight excluding hydrogens is 575 g/mol. The molecule has 0 fully saturated rings. The van der Waals surface area contributed by atoms with Gasteiger partial charge in [0.15, 0.2) is 11.6 Å². The molecule has 0 bridgehead atoms. The van der Waals surface area contributed by atoms with Gasteiger partial charge in [0.05, 0.1) is 11.3 Å². The number of carbonyl (C=O) groups is 2. The highest BCUT2D eigenvalue weighted by molar-refractivity contribution is 7.99. The molecule has 226 valence electrons. The van der Waals surface area contributed by atoms with Crippen LogP contribution in [0.3, 0.4) is 0 Å². The van der Waals surface area contributed by atoms with E-state index in [1.165, 1.54) is 35.7 Å². The highest BCUT2D eigenvalue weighted by atomic mass is 32.2. The average molecular weight is 612 g/mol. The second kappa shape index (κ2) is 14.0. The van der Waals surface area contributed by atoms with Gasteiger partial charge in [0, 0.05) is 32.2 Å². The van der Waals surface area contributed by atoms with Crippen molar-refractivity contribution in [2.75, 3.05) is 5.32 Å². The van der Waals surface area contributed by atoms with Gasteiger partial charge in [-0.3, -0.25) is 9.59 Å². The molecule has 1 aliphatic rings. The molecule has 0 spiro atoms. The highest BCUT2D eigenvalue weighted by Crippen LogP contribution is 2.40. The number of hydrogen-bond acceptors (Lipinski definition) is 5. The topological polar surface area (TPSA) is 55.4 Å². The molecule has 1 N–H and O–H groups in total. The van der Waals surface area contributed by atoms with Gasteiger partial charge < -0.3 is 10.1 Å². The maximum atomic E-state index is 13.9. The number of aryl methyl sites for hydroxylation is 2. The lowest BCUT2D eigenvalue weighted by atomic mass is 9.83. The predicted octanol–water partition coefficient (Wildman–Crippen LogP) is 10.2. The minimum Gasteiger partial charge on any atom is -0.489 e. The standard InChI is InChI=1S/C40H37NO3S/c1-3-5-9-28-14-16-29(17-15-28)26-44-31-22-24-32(25-23-31)45-36-13-7-11-34-38(36)40(43)33-10-6-12-35(37(33)39(34)42)41-30-20-18-27(8-4-2)19-21-30/h6-7,10-25,41H,3-5,8-9,26H2,1-2H3. The number of rotatable bonds is 12. The van der Waals surface area contributed by atoms with Gasteiger partial charge in [0.25, 0.3) is 0 Å². The third-order valence-corrected chi connectivity index (χ3v) is 9.17. The van der Waals surface area contributed by atoms with Gasteiger partial charge in [0.2, 0.25) is 0 Å². The summed E-state index contributed by atoms with van der Waals surface area (Å²) in [5.74, 6) is 0.505. The monoisotopic (exact) mass is 611 g/mol. The Morgan fingerprint density at radius 3 is 1.96 bits per heavy atom.